The zero-order valence-electron chi connectivity index (χ0n) is 12.9. The van der Waals surface area contributed by atoms with Crippen LogP contribution in [0.1, 0.15) is 47.5 Å². The standard InChI is InChI=1S/C17H21N3O2/c1-11(2)15-8-16(22-19-15)17(21)20-9-13(14(18)10-20)12-6-4-3-5-7-12/h3-8,11,13-14H,9-10,18H2,1-2H3/t13-,14+/m0/s1. The van der Waals surface area contributed by atoms with E-state index in [4.69, 9.17) is 10.3 Å². The number of likely N-dealkylation sites (tertiary alicyclic amines) is 1. The lowest BCUT2D eigenvalue weighted by Crippen LogP contribution is -2.32. The first-order chi connectivity index (χ1) is 10.6. The lowest BCUT2D eigenvalue weighted by molar-refractivity contribution is 0.0747. The maximum atomic E-state index is 12.5. The molecule has 116 valence electrons. The number of hydrogen-bond donors (Lipinski definition) is 1. The van der Waals surface area contributed by atoms with Crippen molar-refractivity contribution >= 4 is 5.91 Å². The molecule has 5 nitrogen and oxygen atoms in total. The Morgan fingerprint density at radius 2 is 2.05 bits per heavy atom. The number of amides is 1. The Labute approximate surface area is 130 Å². The van der Waals surface area contributed by atoms with Gasteiger partial charge in [-0.05, 0) is 11.5 Å². The van der Waals surface area contributed by atoms with Crippen LogP contribution in [0, 0.1) is 0 Å². The molecule has 1 aromatic carbocycles. The minimum absolute atomic E-state index is 0.0566. The van der Waals surface area contributed by atoms with Gasteiger partial charge in [-0.1, -0.05) is 49.3 Å². The molecule has 1 saturated heterocycles. The first-order valence-electron chi connectivity index (χ1n) is 7.62. The van der Waals surface area contributed by atoms with Crippen LogP contribution < -0.4 is 5.73 Å². The molecule has 0 radical (unpaired) electrons. The lowest BCUT2D eigenvalue weighted by Gasteiger charge is -2.14. The van der Waals surface area contributed by atoms with Crippen molar-refractivity contribution in [1.82, 2.24) is 10.1 Å². The summed E-state index contributed by atoms with van der Waals surface area (Å²) in [6.45, 7) is 5.18. The molecule has 0 aliphatic carbocycles. The van der Waals surface area contributed by atoms with Crippen molar-refractivity contribution in [1.29, 1.82) is 0 Å². The quantitative estimate of drug-likeness (QED) is 0.944. The summed E-state index contributed by atoms with van der Waals surface area (Å²) in [4.78, 5) is 14.3. The summed E-state index contributed by atoms with van der Waals surface area (Å²) < 4.78 is 5.19. The highest BCUT2D eigenvalue weighted by Gasteiger charge is 2.35. The second-order valence-corrected chi connectivity index (χ2v) is 6.16. The average Bonchev–Trinajstić information content (AvgIpc) is 3.14. The van der Waals surface area contributed by atoms with E-state index in [1.807, 2.05) is 32.0 Å². The number of nitrogens with zero attached hydrogens (tertiary/aromatic N) is 2. The molecule has 2 atom stereocenters. The molecule has 2 N–H and O–H groups in total. The highest BCUT2D eigenvalue weighted by atomic mass is 16.5. The van der Waals surface area contributed by atoms with Crippen LogP contribution in [0.5, 0.6) is 0 Å². The monoisotopic (exact) mass is 299 g/mol. The summed E-state index contributed by atoms with van der Waals surface area (Å²) in [5, 5.41) is 3.95. The van der Waals surface area contributed by atoms with Gasteiger partial charge < -0.3 is 15.2 Å². The smallest absolute Gasteiger partial charge is 0.292 e. The minimum atomic E-state index is -0.131. The first-order valence-corrected chi connectivity index (χ1v) is 7.62. The van der Waals surface area contributed by atoms with Crippen molar-refractivity contribution in [2.75, 3.05) is 13.1 Å². The molecule has 1 aromatic heterocycles. The Morgan fingerprint density at radius 1 is 1.32 bits per heavy atom. The number of aromatic nitrogens is 1. The summed E-state index contributed by atoms with van der Waals surface area (Å²) in [6.07, 6.45) is 0. The fraction of sp³-hybridized carbons (Fsp3) is 0.412. The van der Waals surface area contributed by atoms with Crippen LogP contribution in [-0.2, 0) is 0 Å². The molecular weight excluding hydrogens is 278 g/mol. The predicted molar refractivity (Wildman–Crippen MR) is 83.7 cm³/mol. The third-order valence-electron chi connectivity index (χ3n) is 4.21. The van der Waals surface area contributed by atoms with Gasteiger partial charge in [0.05, 0.1) is 5.69 Å². The minimum Gasteiger partial charge on any atom is -0.351 e. The third kappa shape index (κ3) is 2.76. The van der Waals surface area contributed by atoms with Gasteiger partial charge in [-0.3, -0.25) is 4.79 Å². The molecule has 5 heteroatoms. The van der Waals surface area contributed by atoms with E-state index in [9.17, 15) is 4.79 Å². The van der Waals surface area contributed by atoms with Crippen molar-refractivity contribution in [3.05, 3.63) is 53.4 Å². The summed E-state index contributed by atoms with van der Waals surface area (Å²) in [7, 11) is 0. The predicted octanol–water partition coefficient (Wildman–Crippen LogP) is 2.36. The number of carbonyl (C=O) groups is 1. The molecule has 3 rings (SSSR count). The van der Waals surface area contributed by atoms with E-state index >= 15 is 0 Å². The molecule has 1 aliphatic heterocycles. The number of rotatable bonds is 3. The normalized spacial score (nSPS) is 21.5. The molecule has 1 aliphatic rings. The van der Waals surface area contributed by atoms with Crippen LogP contribution in [-0.4, -0.2) is 35.1 Å². The highest BCUT2D eigenvalue weighted by molar-refractivity contribution is 5.91. The van der Waals surface area contributed by atoms with Crippen LogP contribution in [0.4, 0.5) is 0 Å². The molecule has 0 spiro atoms. The van der Waals surface area contributed by atoms with Crippen molar-refractivity contribution in [2.45, 2.75) is 31.7 Å². The fourth-order valence-corrected chi connectivity index (χ4v) is 2.87. The van der Waals surface area contributed by atoms with E-state index < -0.39 is 0 Å². The van der Waals surface area contributed by atoms with Gasteiger partial charge in [0.2, 0.25) is 5.76 Å². The number of hydrogen-bond acceptors (Lipinski definition) is 4. The SMILES string of the molecule is CC(C)c1cc(C(=O)N2C[C@@H](N)[C@H](c3ccccc3)C2)on1. The van der Waals surface area contributed by atoms with Crippen LogP contribution in [0.3, 0.4) is 0 Å². The van der Waals surface area contributed by atoms with Gasteiger partial charge >= 0.3 is 0 Å². The zero-order chi connectivity index (χ0) is 15.7. The summed E-state index contributed by atoms with van der Waals surface area (Å²) in [5.41, 5.74) is 8.20. The van der Waals surface area contributed by atoms with Gasteiger partial charge in [0.1, 0.15) is 0 Å². The van der Waals surface area contributed by atoms with E-state index in [2.05, 4.69) is 17.3 Å². The average molecular weight is 299 g/mol. The van der Waals surface area contributed by atoms with Crippen molar-refractivity contribution in [3.63, 3.8) is 0 Å². The van der Waals surface area contributed by atoms with Gasteiger partial charge in [0, 0.05) is 31.1 Å². The van der Waals surface area contributed by atoms with Crippen molar-refractivity contribution in [3.8, 4) is 0 Å². The lowest BCUT2D eigenvalue weighted by atomic mass is 9.95. The maximum Gasteiger partial charge on any atom is 0.292 e. The van der Waals surface area contributed by atoms with Gasteiger partial charge in [-0.25, -0.2) is 0 Å². The van der Waals surface area contributed by atoms with Crippen LogP contribution in [0.15, 0.2) is 40.9 Å². The number of benzene rings is 1. The molecule has 0 unspecified atom stereocenters. The molecule has 0 bridgehead atoms. The second kappa shape index (κ2) is 5.93. The summed E-state index contributed by atoms with van der Waals surface area (Å²) >= 11 is 0. The largest absolute Gasteiger partial charge is 0.351 e. The Bertz CT molecular complexity index is 651. The van der Waals surface area contributed by atoms with Gasteiger partial charge in [0.15, 0.2) is 0 Å². The first kappa shape index (κ1) is 14.8. The molecule has 1 fully saturated rings. The number of carbonyl (C=O) groups excluding carboxylic acids is 1. The summed E-state index contributed by atoms with van der Waals surface area (Å²) in [6, 6.07) is 11.8. The topological polar surface area (TPSA) is 72.4 Å². The van der Waals surface area contributed by atoms with Crippen molar-refractivity contribution in [2.24, 2.45) is 5.73 Å². The Morgan fingerprint density at radius 3 is 2.68 bits per heavy atom. The van der Waals surface area contributed by atoms with E-state index in [1.165, 1.54) is 5.56 Å². The van der Waals surface area contributed by atoms with Gasteiger partial charge in [-0.15, -0.1) is 0 Å². The number of nitrogens with two attached hydrogens (primary N) is 1. The van der Waals surface area contributed by atoms with Crippen LogP contribution in [0.25, 0.3) is 0 Å². The molecular formula is C17H21N3O2. The Hall–Kier alpha value is -2.14. The van der Waals surface area contributed by atoms with Crippen LogP contribution in [0.2, 0.25) is 0 Å². The van der Waals surface area contributed by atoms with E-state index in [0.717, 1.165) is 5.69 Å². The Balaban J connectivity index is 1.74. The maximum absolute atomic E-state index is 12.5. The third-order valence-corrected chi connectivity index (χ3v) is 4.21. The Kier molecular flexibility index (Phi) is 3.98. The summed E-state index contributed by atoms with van der Waals surface area (Å²) in [5.74, 6) is 0.568. The molecule has 2 heterocycles. The van der Waals surface area contributed by atoms with Gasteiger partial charge in [0.25, 0.3) is 5.91 Å². The fourth-order valence-electron chi connectivity index (χ4n) is 2.87. The van der Waals surface area contributed by atoms with E-state index in [1.54, 1.807) is 11.0 Å². The molecule has 22 heavy (non-hydrogen) atoms. The van der Waals surface area contributed by atoms with Gasteiger partial charge in [-0.2, -0.15) is 0 Å². The highest BCUT2D eigenvalue weighted by Crippen LogP contribution is 2.27. The molecule has 0 saturated carbocycles. The zero-order valence-corrected chi connectivity index (χ0v) is 12.9. The second-order valence-electron chi connectivity index (χ2n) is 6.16. The molecule has 2 aromatic rings. The van der Waals surface area contributed by atoms with Crippen molar-refractivity contribution < 1.29 is 9.32 Å². The molecule has 1 amide bonds. The van der Waals surface area contributed by atoms with E-state index in [-0.39, 0.29) is 23.8 Å². The van der Waals surface area contributed by atoms with Crippen LogP contribution >= 0.6 is 0 Å². The van der Waals surface area contributed by atoms with E-state index in [0.29, 0.717) is 18.8 Å².